The highest BCUT2D eigenvalue weighted by molar-refractivity contribution is 9.10. The molecule has 0 unspecified atom stereocenters. The van der Waals surface area contributed by atoms with Gasteiger partial charge in [0.15, 0.2) is 0 Å². The van der Waals surface area contributed by atoms with Crippen molar-refractivity contribution in [3.05, 3.63) is 34.3 Å². The third-order valence-corrected chi connectivity index (χ3v) is 2.82. The van der Waals surface area contributed by atoms with Gasteiger partial charge in [0.1, 0.15) is 0 Å². The van der Waals surface area contributed by atoms with E-state index in [9.17, 15) is 4.79 Å². The number of nitrogens with one attached hydrogen (secondary N) is 2. The second-order valence-electron chi connectivity index (χ2n) is 3.70. The lowest BCUT2D eigenvalue weighted by molar-refractivity contribution is -0.121. The summed E-state index contributed by atoms with van der Waals surface area (Å²) in [5, 5.41) is 5.91. The first kappa shape index (κ1) is 13.2. The molecular formula is C12H17BrN2O. The molecule has 1 aromatic rings. The molecule has 0 heterocycles. The van der Waals surface area contributed by atoms with Gasteiger partial charge in [0.25, 0.3) is 0 Å². The van der Waals surface area contributed by atoms with E-state index in [1.807, 2.05) is 38.2 Å². The predicted octanol–water partition coefficient (Wildman–Crippen LogP) is 2.24. The van der Waals surface area contributed by atoms with Gasteiger partial charge in [0.05, 0.1) is 6.04 Å². The lowest BCUT2D eigenvalue weighted by atomic mass is 10.1. The molecule has 0 fully saturated rings. The molecule has 0 saturated heterocycles. The molecule has 0 aliphatic rings. The van der Waals surface area contributed by atoms with Gasteiger partial charge >= 0.3 is 0 Å². The van der Waals surface area contributed by atoms with Gasteiger partial charge in [0.2, 0.25) is 5.91 Å². The fourth-order valence-corrected chi connectivity index (χ4v) is 1.83. The maximum Gasteiger partial charge on any atom is 0.221 e. The van der Waals surface area contributed by atoms with Crippen LogP contribution in [0.3, 0.4) is 0 Å². The zero-order valence-electron chi connectivity index (χ0n) is 9.59. The van der Waals surface area contributed by atoms with Crippen molar-refractivity contribution in [3.8, 4) is 0 Å². The number of hydrogen-bond acceptors (Lipinski definition) is 2. The average molecular weight is 285 g/mol. The molecule has 1 rings (SSSR count). The number of hydrogen-bond donors (Lipinski definition) is 2. The van der Waals surface area contributed by atoms with Crippen LogP contribution >= 0.6 is 15.9 Å². The minimum Gasteiger partial charge on any atom is -0.350 e. The SMILES string of the molecule is CNCCC(=O)N[C@@H](C)c1cccc(Br)c1. The van der Waals surface area contributed by atoms with Crippen LogP contribution in [0, 0.1) is 0 Å². The Labute approximate surface area is 105 Å². The lowest BCUT2D eigenvalue weighted by Gasteiger charge is -2.14. The second-order valence-corrected chi connectivity index (χ2v) is 4.61. The number of benzene rings is 1. The van der Waals surface area contributed by atoms with Crippen LogP contribution in [0.1, 0.15) is 24.9 Å². The van der Waals surface area contributed by atoms with E-state index in [1.165, 1.54) is 0 Å². The molecule has 16 heavy (non-hydrogen) atoms. The summed E-state index contributed by atoms with van der Waals surface area (Å²) in [6, 6.07) is 8.01. The second kappa shape index (κ2) is 6.66. The van der Waals surface area contributed by atoms with E-state index >= 15 is 0 Å². The average Bonchev–Trinajstić information content (AvgIpc) is 2.26. The Morgan fingerprint density at radius 3 is 2.88 bits per heavy atom. The fourth-order valence-electron chi connectivity index (χ4n) is 1.41. The minimum absolute atomic E-state index is 0.0434. The Morgan fingerprint density at radius 2 is 2.25 bits per heavy atom. The van der Waals surface area contributed by atoms with E-state index in [4.69, 9.17) is 0 Å². The quantitative estimate of drug-likeness (QED) is 0.871. The van der Waals surface area contributed by atoms with E-state index in [0.29, 0.717) is 13.0 Å². The van der Waals surface area contributed by atoms with Crippen LogP contribution in [0.15, 0.2) is 28.7 Å². The van der Waals surface area contributed by atoms with Crippen molar-refractivity contribution in [3.63, 3.8) is 0 Å². The third kappa shape index (κ3) is 4.33. The molecule has 1 atom stereocenters. The number of rotatable bonds is 5. The smallest absolute Gasteiger partial charge is 0.221 e. The summed E-state index contributed by atoms with van der Waals surface area (Å²) in [6.07, 6.45) is 0.509. The summed E-state index contributed by atoms with van der Waals surface area (Å²) in [5.74, 6) is 0.0711. The molecule has 3 nitrogen and oxygen atoms in total. The van der Waals surface area contributed by atoms with E-state index in [1.54, 1.807) is 0 Å². The van der Waals surface area contributed by atoms with Crippen molar-refractivity contribution >= 4 is 21.8 Å². The number of carbonyl (C=O) groups is 1. The Morgan fingerprint density at radius 1 is 1.50 bits per heavy atom. The van der Waals surface area contributed by atoms with Crippen LogP contribution < -0.4 is 10.6 Å². The Bertz CT molecular complexity index is 355. The van der Waals surface area contributed by atoms with Crippen molar-refractivity contribution in [2.24, 2.45) is 0 Å². The van der Waals surface area contributed by atoms with Crippen LogP contribution in [-0.2, 0) is 4.79 Å². The fraction of sp³-hybridized carbons (Fsp3) is 0.417. The van der Waals surface area contributed by atoms with Crippen LogP contribution in [-0.4, -0.2) is 19.5 Å². The van der Waals surface area contributed by atoms with Gasteiger partial charge in [-0.3, -0.25) is 4.79 Å². The van der Waals surface area contributed by atoms with Gasteiger partial charge in [-0.1, -0.05) is 28.1 Å². The molecular weight excluding hydrogens is 268 g/mol. The van der Waals surface area contributed by atoms with E-state index in [-0.39, 0.29) is 11.9 Å². The van der Waals surface area contributed by atoms with Crippen molar-refractivity contribution in [2.75, 3.05) is 13.6 Å². The number of carbonyl (C=O) groups excluding carboxylic acids is 1. The van der Waals surface area contributed by atoms with Gasteiger partial charge in [-0.2, -0.15) is 0 Å². The Kier molecular flexibility index (Phi) is 5.49. The Hall–Kier alpha value is -0.870. The summed E-state index contributed by atoms with van der Waals surface area (Å²) in [7, 11) is 1.84. The first-order chi connectivity index (χ1) is 7.63. The number of amides is 1. The van der Waals surface area contributed by atoms with Gasteiger partial charge in [0, 0.05) is 17.4 Å². The van der Waals surface area contributed by atoms with Gasteiger partial charge < -0.3 is 10.6 Å². The zero-order chi connectivity index (χ0) is 12.0. The number of halogens is 1. The molecule has 0 aliphatic heterocycles. The Balaban J connectivity index is 2.52. The molecule has 4 heteroatoms. The van der Waals surface area contributed by atoms with Gasteiger partial charge in [-0.25, -0.2) is 0 Å². The third-order valence-electron chi connectivity index (χ3n) is 2.33. The highest BCUT2D eigenvalue weighted by atomic mass is 79.9. The molecule has 0 saturated carbocycles. The normalized spacial score (nSPS) is 12.2. The monoisotopic (exact) mass is 284 g/mol. The van der Waals surface area contributed by atoms with Crippen molar-refractivity contribution in [2.45, 2.75) is 19.4 Å². The topological polar surface area (TPSA) is 41.1 Å². The van der Waals surface area contributed by atoms with Crippen LogP contribution in [0.2, 0.25) is 0 Å². The van der Waals surface area contributed by atoms with Crippen molar-refractivity contribution in [1.29, 1.82) is 0 Å². The summed E-state index contributed by atoms with van der Waals surface area (Å²) in [4.78, 5) is 11.5. The molecule has 0 aliphatic carbocycles. The van der Waals surface area contributed by atoms with Crippen LogP contribution in [0.25, 0.3) is 0 Å². The molecule has 0 aromatic heterocycles. The van der Waals surface area contributed by atoms with E-state index in [0.717, 1.165) is 10.0 Å². The highest BCUT2D eigenvalue weighted by Crippen LogP contribution is 2.17. The van der Waals surface area contributed by atoms with E-state index < -0.39 is 0 Å². The molecule has 2 N–H and O–H groups in total. The predicted molar refractivity (Wildman–Crippen MR) is 69.2 cm³/mol. The molecule has 0 radical (unpaired) electrons. The summed E-state index contributed by atoms with van der Waals surface area (Å²) >= 11 is 3.42. The molecule has 1 aromatic carbocycles. The molecule has 0 spiro atoms. The first-order valence-corrected chi connectivity index (χ1v) is 6.12. The van der Waals surface area contributed by atoms with E-state index in [2.05, 4.69) is 26.6 Å². The lowest BCUT2D eigenvalue weighted by Crippen LogP contribution is -2.29. The molecule has 1 amide bonds. The van der Waals surface area contributed by atoms with Gasteiger partial charge in [-0.05, 0) is 31.7 Å². The van der Waals surface area contributed by atoms with Crippen molar-refractivity contribution < 1.29 is 4.79 Å². The minimum atomic E-state index is 0.0434. The maximum atomic E-state index is 11.5. The summed E-state index contributed by atoms with van der Waals surface area (Å²) < 4.78 is 1.03. The van der Waals surface area contributed by atoms with Crippen LogP contribution in [0.5, 0.6) is 0 Å². The standard InChI is InChI=1S/C12H17BrN2O/c1-9(15-12(16)6-7-14-2)10-4-3-5-11(13)8-10/h3-5,8-9,14H,6-7H2,1-2H3,(H,15,16)/t9-/m0/s1. The molecule has 88 valence electrons. The van der Waals surface area contributed by atoms with Crippen LogP contribution in [0.4, 0.5) is 0 Å². The van der Waals surface area contributed by atoms with Crippen molar-refractivity contribution in [1.82, 2.24) is 10.6 Å². The maximum absolute atomic E-state index is 11.5. The summed E-state index contributed by atoms with van der Waals surface area (Å²) in [6.45, 7) is 2.69. The first-order valence-electron chi connectivity index (χ1n) is 5.33. The largest absolute Gasteiger partial charge is 0.350 e. The molecule has 0 bridgehead atoms. The van der Waals surface area contributed by atoms with Gasteiger partial charge in [-0.15, -0.1) is 0 Å². The summed E-state index contributed by atoms with van der Waals surface area (Å²) in [5.41, 5.74) is 1.10. The highest BCUT2D eigenvalue weighted by Gasteiger charge is 2.08. The zero-order valence-corrected chi connectivity index (χ0v) is 11.2.